The van der Waals surface area contributed by atoms with Gasteiger partial charge >= 0.3 is 0 Å². The van der Waals surface area contributed by atoms with Gasteiger partial charge in [-0.3, -0.25) is 4.90 Å². The van der Waals surface area contributed by atoms with E-state index in [1.54, 1.807) is 0 Å². The molecule has 0 saturated heterocycles. The van der Waals surface area contributed by atoms with E-state index in [-0.39, 0.29) is 6.04 Å². The second kappa shape index (κ2) is 4.74. The number of nitrogens with zero attached hydrogens (tertiary/aromatic N) is 1. The fourth-order valence-corrected chi connectivity index (χ4v) is 2.40. The molecule has 1 aromatic rings. The molecule has 0 bridgehead atoms. The fraction of sp³-hybridized carbons (Fsp3) is 0.538. The Bertz CT molecular complexity index is 343. The van der Waals surface area contributed by atoms with Crippen LogP contribution in [0.5, 0.6) is 0 Å². The van der Waals surface area contributed by atoms with Crippen molar-refractivity contribution in [2.75, 3.05) is 7.05 Å². The molecule has 1 aliphatic carbocycles. The molecule has 0 aliphatic heterocycles. The summed E-state index contributed by atoms with van der Waals surface area (Å²) in [7, 11) is 2.17. The lowest BCUT2D eigenvalue weighted by atomic mass is 9.99. The third-order valence-electron chi connectivity index (χ3n) is 3.27. The highest BCUT2D eigenvalue weighted by atomic mass is 35.5. The van der Waals surface area contributed by atoms with Crippen LogP contribution in [0.15, 0.2) is 24.3 Å². The zero-order valence-electron chi connectivity index (χ0n) is 9.86. The average molecular weight is 239 g/mol. The molecule has 2 rings (SSSR count). The minimum Gasteiger partial charge on any atom is -0.326 e. The van der Waals surface area contributed by atoms with Crippen molar-refractivity contribution >= 4 is 11.6 Å². The number of halogens is 1. The van der Waals surface area contributed by atoms with Gasteiger partial charge in [0.25, 0.3) is 0 Å². The van der Waals surface area contributed by atoms with Crippen molar-refractivity contribution in [3.8, 4) is 0 Å². The molecule has 1 aromatic carbocycles. The Kier molecular flexibility index (Phi) is 3.53. The minimum absolute atomic E-state index is 0.131. The predicted octanol–water partition coefficient (Wildman–Crippen LogP) is 2.82. The second-order valence-electron chi connectivity index (χ2n) is 4.75. The first-order chi connectivity index (χ1) is 7.59. The molecular formula is C13H19ClN2. The molecular weight excluding hydrogens is 220 g/mol. The topological polar surface area (TPSA) is 29.3 Å². The molecule has 2 atom stereocenters. The number of likely N-dealkylation sites (N-methyl/N-ethyl adjacent to an activating group) is 1. The summed E-state index contributed by atoms with van der Waals surface area (Å²) in [6.07, 6.45) is 2.60. The molecule has 16 heavy (non-hydrogen) atoms. The van der Waals surface area contributed by atoms with Crippen molar-refractivity contribution < 1.29 is 0 Å². The van der Waals surface area contributed by atoms with Crippen LogP contribution in [0, 0.1) is 0 Å². The van der Waals surface area contributed by atoms with Gasteiger partial charge in [0.1, 0.15) is 0 Å². The van der Waals surface area contributed by atoms with Gasteiger partial charge in [0, 0.05) is 23.1 Å². The van der Waals surface area contributed by atoms with Crippen molar-refractivity contribution in [2.45, 2.75) is 37.9 Å². The smallest absolute Gasteiger partial charge is 0.0496 e. The van der Waals surface area contributed by atoms with Crippen molar-refractivity contribution in [3.63, 3.8) is 0 Å². The summed E-state index contributed by atoms with van der Waals surface area (Å²) in [6.45, 7) is 2.07. The number of hydrogen-bond acceptors (Lipinski definition) is 2. The Hall–Kier alpha value is -0.570. The number of nitrogens with two attached hydrogens (primary N) is 1. The van der Waals surface area contributed by atoms with Gasteiger partial charge in [-0.05, 0) is 44.5 Å². The van der Waals surface area contributed by atoms with Gasteiger partial charge in [0.2, 0.25) is 0 Å². The maximum Gasteiger partial charge on any atom is 0.0496 e. The second-order valence-corrected chi connectivity index (χ2v) is 5.19. The first kappa shape index (κ1) is 11.9. The molecule has 3 heteroatoms. The Morgan fingerprint density at radius 2 is 1.88 bits per heavy atom. The third-order valence-corrected chi connectivity index (χ3v) is 3.52. The molecule has 0 radical (unpaired) electrons. The van der Waals surface area contributed by atoms with E-state index in [2.05, 4.69) is 31.0 Å². The summed E-state index contributed by atoms with van der Waals surface area (Å²) in [6, 6.07) is 9.17. The Balaban J connectivity index is 2.21. The standard InChI is InChI=1S/C13H19ClN2/c1-9(15)13(16(2)12-7-8-12)10-3-5-11(14)6-4-10/h3-6,9,12-13H,7-8,15H2,1-2H3. The molecule has 2 N–H and O–H groups in total. The van der Waals surface area contributed by atoms with E-state index in [4.69, 9.17) is 17.3 Å². The number of benzene rings is 1. The van der Waals surface area contributed by atoms with Crippen LogP contribution in [0.3, 0.4) is 0 Å². The highest BCUT2D eigenvalue weighted by molar-refractivity contribution is 6.30. The zero-order valence-corrected chi connectivity index (χ0v) is 10.6. The largest absolute Gasteiger partial charge is 0.326 e. The van der Waals surface area contributed by atoms with Crippen LogP contribution in [0.2, 0.25) is 5.02 Å². The van der Waals surface area contributed by atoms with Crippen molar-refractivity contribution in [1.29, 1.82) is 0 Å². The lowest BCUT2D eigenvalue weighted by Crippen LogP contribution is -2.38. The highest BCUT2D eigenvalue weighted by Gasteiger charge is 2.33. The predicted molar refractivity (Wildman–Crippen MR) is 68.6 cm³/mol. The van der Waals surface area contributed by atoms with Crippen LogP contribution < -0.4 is 5.73 Å². The SMILES string of the molecule is CC(N)C(c1ccc(Cl)cc1)N(C)C1CC1. The van der Waals surface area contributed by atoms with Gasteiger partial charge in [0.15, 0.2) is 0 Å². The van der Waals surface area contributed by atoms with Crippen molar-refractivity contribution in [2.24, 2.45) is 5.73 Å². The molecule has 88 valence electrons. The van der Waals surface area contributed by atoms with Gasteiger partial charge in [-0.25, -0.2) is 0 Å². The highest BCUT2D eigenvalue weighted by Crippen LogP contribution is 2.34. The normalized spacial score (nSPS) is 19.8. The van der Waals surface area contributed by atoms with Gasteiger partial charge in [0.05, 0.1) is 0 Å². The van der Waals surface area contributed by atoms with E-state index in [0.717, 1.165) is 5.02 Å². The van der Waals surface area contributed by atoms with Crippen LogP contribution in [-0.2, 0) is 0 Å². The average Bonchev–Trinajstić information content (AvgIpc) is 3.04. The van der Waals surface area contributed by atoms with Crippen LogP contribution in [0.4, 0.5) is 0 Å². The number of rotatable bonds is 4. The summed E-state index contributed by atoms with van der Waals surface area (Å²) in [5.74, 6) is 0. The molecule has 0 amide bonds. The Labute approximate surface area is 102 Å². The van der Waals surface area contributed by atoms with Crippen molar-refractivity contribution in [3.05, 3.63) is 34.9 Å². The molecule has 0 spiro atoms. The first-order valence-corrected chi connectivity index (χ1v) is 6.20. The van der Waals surface area contributed by atoms with E-state index >= 15 is 0 Å². The molecule has 1 aliphatic rings. The number of hydrogen-bond donors (Lipinski definition) is 1. The first-order valence-electron chi connectivity index (χ1n) is 5.82. The zero-order chi connectivity index (χ0) is 11.7. The summed E-state index contributed by atoms with van der Waals surface area (Å²) >= 11 is 5.91. The van der Waals surface area contributed by atoms with Crippen LogP contribution in [-0.4, -0.2) is 24.0 Å². The van der Waals surface area contributed by atoms with Gasteiger partial charge in [-0.2, -0.15) is 0 Å². The third kappa shape index (κ3) is 2.57. The molecule has 2 nitrogen and oxygen atoms in total. The molecule has 1 saturated carbocycles. The van der Waals surface area contributed by atoms with Crippen LogP contribution in [0.25, 0.3) is 0 Å². The quantitative estimate of drug-likeness (QED) is 0.874. The van der Waals surface area contributed by atoms with E-state index in [0.29, 0.717) is 12.1 Å². The molecule has 2 unspecified atom stereocenters. The van der Waals surface area contributed by atoms with Crippen LogP contribution in [0.1, 0.15) is 31.4 Å². The Morgan fingerprint density at radius 3 is 2.31 bits per heavy atom. The lowest BCUT2D eigenvalue weighted by molar-refractivity contribution is 0.209. The minimum atomic E-state index is 0.131. The monoisotopic (exact) mass is 238 g/mol. The van der Waals surface area contributed by atoms with E-state index in [9.17, 15) is 0 Å². The maximum absolute atomic E-state index is 6.10. The maximum atomic E-state index is 6.10. The Morgan fingerprint density at radius 1 is 1.31 bits per heavy atom. The van der Waals surface area contributed by atoms with Gasteiger partial charge in [-0.1, -0.05) is 23.7 Å². The van der Waals surface area contributed by atoms with Gasteiger partial charge in [-0.15, -0.1) is 0 Å². The molecule has 1 fully saturated rings. The molecule has 0 aromatic heterocycles. The van der Waals surface area contributed by atoms with Crippen molar-refractivity contribution in [1.82, 2.24) is 4.90 Å². The summed E-state index contributed by atoms with van der Waals surface area (Å²) < 4.78 is 0. The van der Waals surface area contributed by atoms with Crippen LogP contribution >= 0.6 is 11.6 Å². The summed E-state index contributed by atoms with van der Waals surface area (Å²) in [5.41, 5.74) is 7.36. The van der Waals surface area contributed by atoms with E-state index < -0.39 is 0 Å². The van der Waals surface area contributed by atoms with E-state index in [1.165, 1.54) is 18.4 Å². The lowest BCUT2D eigenvalue weighted by Gasteiger charge is -2.31. The van der Waals surface area contributed by atoms with Gasteiger partial charge < -0.3 is 5.73 Å². The summed E-state index contributed by atoms with van der Waals surface area (Å²) in [4.78, 5) is 2.40. The van der Waals surface area contributed by atoms with E-state index in [1.807, 2.05) is 12.1 Å². The fourth-order valence-electron chi connectivity index (χ4n) is 2.28. The molecule has 0 heterocycles. The summed E-state index contributed by atoms with van der Waals surface area (Å²) in [5, 5.41) is 0.779.